The SMILES string of the molecule is C=Cc1nc(N)cc(-c2ccc(-c3ccc(/C(N)=N/O)cc3)cc2)c1C=C. The molecule has 2 aromatic carbocycles. The van der Waals surface area contributed by atoms with Crippen molar-refractivity contribution in [1.29, 1.82) is 0 Å². The summed E-state index contributed by atoms with van der Waals surface area (Å²) >= 11 is 0. The molecule has 0 aliphatic heterocycles. The lowest BCUT2D eigenvalue weighted by Crippen LogP contribution is -2.12. The van der Waals surface area contributed by atoms with Crippen LogP contribution in [0.3, 0.4) is 0 Å². The van der Waals surface area contributed by atoms with Gasteiger partial charge in [-0.05, 0) is 34.4 Å². The Balaban J connectivity index is 1.98. The zero-order valence-corrected chi connectivity index (χ0v) is 14.8. The summed E-state index contributed by atoms with van der Waals surface area (Å²) in [6.45, 7) is 7.68. The smallest absolute Gasteiger partial charge is 0.170 e. The van der Waals surface area contributed by atoms with E-state index < -0.39 is 0 Å². The molecule has 5 N–H and O–H groups in total. The molecule has 0 unspecified atom stereocenters. The standard InChI is InChI=1S/C22H20N4O/c1-3-18-19(13-21(23)25-20(18)4-2)16-9-5-14(6-10-16)15-7-11-17(12-8-15)22(24)26-27/h3-13,27H,1-2H2,(H2,23,25)(H2,24,26). The van der Waals surface area contributed by atoms with Crippen LogP contribution in [0.5, 0.6) is 0 Å². The van der Waals surface area contributed by atoms with Crippen molar-refractivity contribution in [3.8, 4) is 22.3 Å². The maximum Gasteiger partial charge on any atom is 0.170 e. The highest BCUT2D eigenvalue weighted by molar-refractivity contribution is 5.97. The predicted octanol–water partition coefficient (Wildman–Crippen LogP) is 4.38. The molecule has 0 spiro atoms. The van der Waals surface area contributed by atoms with E-state index in [0.717, 1.165) is 27.8 Å². The Labute approximate surface area is 158 Å². The summed E-state index contributed by atoms with van der Waals surface area (Å²) in [7, 11) is 0. The second-order valence-electron chi connectivity index (χ2n) is 5.94. The van der Waals surface area contributed by atoms with Crippen molar-refractivity contribution >= 4 is 23.8 Å². The number of oxime groups is 1. The van der Waals surface area contributed by atoms with Crippen LogP contribution in [0, 0.1) is 0 Å². The van der Waals surface area contributed by atoms with E-state index in [1.807, 2.05) is 54.6 Å². The summed E-state index contributed by atoms with van der Waals surface area (Å²) in [4.78, 5) is 4.29. The molecule has 0 aliphatic rings. The quantitative estimate of drug-likeness (QED) is 0.273. The van der Waals surface area contributed by atoms with Gasteiger partial charge >= 0.3 is 0 Å². The first-order valence-corrected chi connectivity index (χ1v) is 8.31. The summed E-state index contributed by atoms with van der Waals surface area (Å²) in [5.41, 5.74) is 17.9. The summed E-state index contributed by atoms with van der Waals surface area (Å²) < 4.78 is 0. The maximum atomic E-state index is 8.75. The van der Waals surface area contributed by atoms with Crippen LogP contribution in [0.2, 0.25) is 0 Å². The molecule has 27 heavy (non-hydrogen) atoms. The molecule has 0 saturated heterocycles. The van der Waals surface area contributed by atoms with Crippen LogP contribution in [-0.2, 0) is 0 Å². The Morgan fingerprint density at radius 3 is 2.00 bits per heavy atom. The zero-order valence-electron chi connectivity index (χ0n) is 14.8. The van der Waals surface area contributed by atoms with Gasteiger partial charge in [-0.25, -0.2) is 4.98 Å². The van der Waals surface area contributed by atoms with E-state index in [-0.39, 0.29) is 5.84 Å². The molecule has 5 nitrogen and oxygen atoms in total. The normalized spacial score (nSPS) is 11.2. The molecule has 1 heterocycles. The molecule has 0 radical (unpaired) electrons. The molecule has 5 heteroatoms. The Morgan fingerprint density at radius 1 is 0.926 bits per heavy atom. The lowest BCUT2D eigenvalue weighted by molar-refractivity contribution is 0.318. The number of hydrogen-bond acceptors (Lipinski definition) is 4. The van der Waals surface area contributed by atoms with Gasteiger partial charge in [0.15, 0.2) is 5.84 Å². The maximum absolute atomic E-state index is 8.75. The van der Waals surface area contributed by atoms with E-state index in [4.69, 9.17) is 16.7 Å². The van der Waals surface area contributed by atoms with Crippen molar-refractivity contribution in [2.24, 2.45) is 10.9 Å². The van der Waals surface area contributed by atoms with Crippen LogP contribution >= 0.6 is 0 Å². The number of aromatic nitrogens is 1. The first-order chi connectivity index (χ1) is 13.1. The summed E-state index contributed by atoms with van der Waals surface area (Å²) in [6, 6.07) is 17.4. The van der Waals surface area contributed by atoms with Gasteiger partial charge in [0.2, 0.25) is 0 Å². The van der Waals surface area contributed by atoms with Gasteiger partial charge in [0, 0.05) is 11.1 Å². The molecule has 1 aromatic heterocycles. The van der Waals surface area contributed by atoms with E-state index in [1.54, 1.807) is 12.2 Å². The van der Waals surface area contributed by atoms with Crippen LogP contribution in [0.1, 0.15) is 16.8 Å². The molecule has 3 rings (SSSR count). The molecule has 0 saturated carbocycles. The number of amidine groups is 1. The van der Waals surface area contributed by atoms with Gasteiger partial charge < -0.3 is 16.7 Å². The highest BCUT2D eigenvalue weighted by atomic mass is 16.4. The molecular weight excluding hydrogens is 336 g/mol. The minimum Gasteiger partial charge on any atom is -0.409 e. The van der Waals surface area contributed by atoms with Gasteiger partial charge in [-0.2, -0.15) is 0 Å². The fourth-order valence-electron chi connectivity index (χ4n) is 2.94. The number of pyridine rings is 1. The number of nitrogens with zero attached hydrogens (tertiary/aromatic N) is 2. The Kier molecular flexibility index (Phi) is 5.04. The molecule has 0 amide bonds. The lowest BCUT2D eigenvalue weighted by atomic mass is 9.96. The molecule has 0 bridgehead atoms. The third kappa shape index (κ3) is 3.57. The molecule has 0 fully saturated rings. The first kappa shape index (κ1) is 17.9. The van der Waals surface area contributed by atoms with Gasteiger partial charge in [-0.3, -0.25) is 0 Å². The minimum absolute atomic E-state index is 0.0853. The van der Waals surface area contributed by atoms with Crippen molar-refractivity contribution in [3.63, 3.8) is 0 Å². The van der Waals surface area contributed by atoms with Gasteiger partial charge in [-0.1, -0.05) is 72.9 Å². The van der Waals surface area contributed by atoms with Gasteiger partial charge in [-0.15, -0.1) is 0 Å². The van der Waals surface area contributed by atoms with Crippen LogP contribution in [0.4, 0.5) is 5.82 Å². The third-order valence-corrected chi connectivity index (χ3v) is 4.32. The Hall–Kier alpha value is -3.86. The average molecular weight is 356 g/mol. The van der Waals surface area contributed by atoms with Gasteiger partial charge in [0.05, 0.1) is 5.69 Å². The fourth-order valence-corrected chi connectivity index (χ4v) is 2.94. The van der Waals surface area contributed by atoms with Crippen molar-refractivity contribution in [1.82, 2.24) is 4.98 Å². The zero-order chi connectivity index (χ0) is 19.4. The lowest BCUT2D eigenvalue weighted by Gasteiger charge is -2.11. The largest absolute Gasteiger partial charge is 0.409 e. The van der Waals surface area contributed by atoms with Crippen LogP contribution < -0.4 is 11.5 Å². The third-order valence-electron chi connectivity index (χ3n) is 4.32. The number of benzene rings is 2. The number of nitrogens with two attached hydrogens (primary N) is 2. The highest BCUT2D eigenvalue weighted by Crippen LogP contribution is 2.31. The van der Waals surface area contributed by atoms with E-state index in [1.165, 1.54) is 0 Å². The second-order valence-corrected chi connectivity index (χ2v) is 5.94. The van der Waals surface area contributed by atoms with Crippen molar-refractivity contribution in [2.45, 2.75) is 0 Å². The average Bonchev–Trinajstić information content (AvgIpc) is 2.72. The first-order valence-electron chi connectivity index (χ1n) is 8.31. The number of rotatable bonds is 5. The van der Waals surface area contributed by atoms with Crippen molar-refractivity contribution in [2.75, 3.05) is 5.73 Å². The van der Waals surface area contributed by atoms with Crippen LogP contribution in [0.15, 0.2) is 72.9 Å². The Morgan fingerprint density at radius 2 is 1.48 bits per heavy atom. The van der Waals surface area contributed by atoms with Crippen molar-refractivity contribution < 1.29 is 5.21 Å². The van der Waals surface area contributed by atoms with Gasteiger partial charge in [0.1, 0.15) is 5.82 Å². The molecule has 134 valence electrons. The second kappa shape index (κ2) is 7.58. The topological polar surface area (TPSA) is 97.5 Å². The molecule has 3 aromatic rings. The van der Waals surface area contributed by atoms with Crippen LogP contribution in [-0.4, -0.2) is 16.0 Å². The van der Waals surface area contributed by atoms with Gasteiger partial charge in [0.25, 0.3) is 0 Å². The number of hydrogen-bond donors (Lipinski definition) is 3. The molecule has 0 atom stereocenters. The molecular formula is C22H20N4O. The predicted molar refractivity (Wildman–Crippen MR) is 112 cm³/mol. The summed E-state index contributed by atoms with van der Waals surface area (Å²) in [5.74, 6) is 0.524. The summed E-state index contributed by atoms with van der Waals surface area (Å²) in [6.07, 6.45) is 3.44. The minimum atomic E-state index is 0.0853. The number of anilines is 1. The van der Waals surface area contributed by atoms with E-state index in [0.29, 0.717) is 17.1 Å². The monoisotopic (exact) mass is 356 g/mol. The van der Waals surface area contributed by atoms with Crippen molar-refractivity contribution in [3.05, 3.63) is 84.6 Å². The Bertz CT molecular complexity index is 1020. The number of nitrogen functional groups attached to an aromatic ring is 1. The highest BCUT2D eigenvalue weighted by Gasteiger charge is 2.10. The van der Waals surface area contributed by atoms with E-state index in [9.17, 15) is 0 Å². The van der Waals surface area contributed by atoms with E-state index in [2.05, 4.69) is 23.3 Å². The van der Waals surface area contributed by atoms with Crippen LogP contribution in [0.25, 0.3) is 34.4 Å². The fraction of sp³-hybridized carbons (Fsp3) is 0. The van der Waals surface area contributed by atoms with E-state index >= 15 is 0 Å². The summed E-state index contributed by atoms with van der Waals surface area (Å²) in [5, 5.41) is 11.8. The molecule has 0 aliphatic carbocycles.